The summed E-state index contributed by atoms with van der Waals surface area (Å²) in [6.45, 7) is 8.34. The number of aromatic amines is 1. The predicted octanol–water partition coefficient (Wildman–Crippen LogP) is 5.26. The van der Waals surface area contributed by atoms with Crippen LogP contribution in [0.2, 0.25) is 0 Å². The summed E-state index contributed by atoms with van der Waals surface area (Å²) >= 11 is 0. The Balaban J connectivity index is 0.00000433. The number of nitrogens with zero attached hydrogens (tertiary/aromatic N) is 7. The van der Waals surface area contributed by atoms with Gasteiger partial charge in [-0.3, -0.25) is 9.36 Å². The monoisotopic (exact) mass is 663 g/mol. The van der Waals surface area contributed by atoms with Gasteiger partial charge in [-0.1, -0.05) is 75.7 Å². The van der Waals surface area contributed by atoms with Crippen molar-refractivity contribution in [1.29, 1.82) is 0 Å². The molecular formula is C35H44KN8O3. The van der Waals surface area contributed by atoms with E-state index in [1.165, 1.54) is 0 Å². The molecule has 3 heterocycles. The Labute approximate surface area is 318 Å². The molecular weight excluding hydrogens is 620 g/mol. The molecule has 0 spiro atoms. The van der Waals surface area contributed by atoms with Crippen molar-refractivity contribution in [1.82, 2.24) is 39.8 Å². The largest absolute Gasteiger partial charge is 0.388 e. The Bertz CT molecular complexity index is 1820. The summed E-state index contributed by atoms with van der Waals surface area (Å²) in [5.41, 5.74) is 4.94. The van der Waals surface area contributed by atoms with Crippen LogP contribution in [0.4, 0.5) is 0 Å². The van der Waals surface area contributed by atoms with Gasteiger partial charge in [-0.25, -0.2) is 4.52 Å². The smallest absolute Gasteiger partial charge is 0.259 e. The van der Waals surface area contributed by atoms with Crippen molar-refractivity contribution in [2.75, 3.05) is 6.61 Å². The van der Waals surface area contributed by atoms with E-state index in [9.17, 15) is 9.90 Å². The predicted molar refractivity (Wildman–Crippen MR) is 182 cm³/mol. The van der Waals surface area contributed by atoms with Gasteiger partial charge in [-0.2, -0.15) is 15.3 Å². The van der Waals surface area contributed by atoms with Gasteiger partial charge >= 0.3 is 0 Å². The van der Waals surface area contributed by atoms with Crippen LogP contribution >= 0.6 is 0 Å². The van der Waals surface area contributed by atoms with Crippen molar-refractivity contribution >= 4 is 57.2 Å². The second kappa shape index (κ2) is 15.8. The van der Waals surface area contributed by atoms with Crippen molar-refractivity contribution in [3.63, 3.8) is 0 Å². The molecule has 3 aromatic heterocycles. The molecule has 2 N–H and O–H groups in total. The fourth-order valence-electron chi connectivity index (χ4n) is 6.64. The van der Waals surface area contributed by atoms with Crippen LogP contribution in [0.5, 0.6) is 0 Å². The van der Waals surface area contributed by atoms with E-state index < -0.39 is 5.60 Å². The van der Waals surface area contributed by atoms with E-state index in [1.807, 2.05) is 54.1 Å². The number of hydrogen-bond acceptors (Lipinski definition) is 8. The number of aromatic nitrogens is 8. The molecule has 1 aliphatic carbocycles. The topological polar surface area (TPSA) is 136 Å². The number of nitrogens with one attached hydrogen (secondary N) is 1. The molecule has 1 fully saturated rings. The molecule has 6 rings (SSSR count). The molecule has 47 heavy (non-hydrogen) atoms. The first-order chi connectivity index (χ1) is 22.3. The van der Waals surface area contributed by atoms with Gasteiger partial charge in [0.2, 0.25) is 11.6 Å². The molecule has 2 aromatic carbocycles. The van der Waals surface area contributed by atoms with E-state index in [0.29, 0.717) is 43.3 Å². The summed E-state index contributed by atoms with van der Waals surface area (Å²) in [7, 11) is 0. The number of H-pyrrole nitrogens is 1. The van der Waals surface area contributed by atoms with Crippen LogP contribution < -0.4 is 5.56 Å². The maximum atomic E-state index is 14.5. The molecule has 5 aromatic rings. The van der Waals surface area contributed by atoms with Crippen LogP contribution in [0.15, 0.2) is 53.3 Å². The standard InChI is InChI=1S/C35H44N8O3.K/c1-5-10-31-30(21-24-13-15-25(16-14-24)28-11-8-9-12-29(28)32-37-40-41-38-32)33(44)42(34-36-23(4)39-43(31)34)26-17-19-27(20-18-26)46-22-35(45,6-2)7-3;/h8-9,11-16,26-27,45H,5-7,10,17-22H2,1-4H3,(H,37,38,40,41);. The number of aliphatic hydroxyl groups is 1. The summed E-state index contributed by atoms with van der Waals surface area (Å²) in [5, 5.41) is 30.1. The van der Waals surface area contributed by atoms with Crippen molar-refractivity contribution in [2.45, 2.75) is 103 Å². The molecule has 0 amide bonds. The van der Waals surface area contributed by atoms with Gasteiger partial charge in [0.25, 0.3) is 5.56 Å². The maximum absolute atomic E-state index is 14.5. The quantitative estimate of drug-likeness (QED) is 0.173. The molecule has 0 saturated heterocycles. The zero-order valence-electron chi connectivity index (χ0n) is 28.2. The minimum absolute atomic E-state index is 0. The first-order valence-electron chi connectivity index (χ1n) is 16.6. The van der Waals surface area contributed by atoms with Crippen molar-refractivity contribution in [2.24, 2.45) is 0 Å². The molecule has 1 aliphatic rings. The molecule has 243 valence electrons. The second-order valence-electron chi connectivity index (χ2n) is 12.5. The molecule has 1 radical (unpaired) electrons. The van der Waals surface area contributed by atoms with Gasteiger partial charge in [-0.15, -0.1) is 10.2 Å². The first kappa shape index (κ1) is 35.7. The maximum Gasteiger partial charge on any atom is 0.259 e. The Morgan fingerprint density at radius 1 is 1.00 bits per heavy atom. The van der Waals surface area contributed by atoms with Crippen molar-refractivity contribution in [3.8, 4) is 22.5 Å². The van der Waals surface area contributed by atoms with Gasteiger partial charge < -0.3 is 9.84 Å². The fourth-order valence-corrected chi connectivity index (χ4v) is 6.64. The number of ether oxygens (including phenoxy) is 1. The first-order valence-corrected chi connectivity index (χ1v) is 16.6. The van der Waals surface area contributed by atoms with Gasteiger partial charge in [0.05, 0.1) is 24.0 Å². The number of hydrogen-bond donors (Lipinski definition) is 2. The van der Waals surface area contributed by atoms with Crippen LogP contribution in [0, 0.1) is 6.92 Å². The van der Waals surface area contributed by atoms with E-state index >= 15 is 0 Å². The summed E-state index contributed by atoms with van der Waals surface area (Å²) in [4.78, 5) is 19.2. The average Bonchev–Trinajstić information content (AvgIpc) is 3.76. The van der Waals surface area contributed by atoms with Crippen molar-refractivity contribution in [3.05, 3.63) is 81.5 Å². The number of fused-ring (bicyclic) bond motifs is 1. The van der Waals surface area contributed by atoms with E-state index in [4.69, 9.17) is 14.8 Å². The average molecular weight is 664 g/mol. The third-order valence-corrected chi connectivity index (χ3v) is 9.55. The minimum atomic E-state index is -0.779. The second-order valence-corrected chi connectivity index (χ2v) is 12.5. The van der Waals surface area contributed by atoms with Crippen LogP contribution in [-0.4, -0.2) is 115 Å². The van der Waals surface area contributed by atoms with Gasteiger partial charge in [0.1, 0.15) is 5.82 Å². The number of benzene rings is 2. The van der Waals surface area contributed by atoms with Crippen LogP contribution in [-0.2, 0) is 17.6 Å². The van der Waals surface area contributed by atoms with Crippen LogP contribution in [0.3, 0.4) is 0 Å². The summed E-state index contributed by atoms with van der Waals surface area (Å²) in [5.74, 6) is 1.83. The molecule has 12 heteroatoms. The summed E-state index contributed by atoms with van der Waals surface area (Å²) in [6, 6.07) is 16.4. The Hall–Kier alpha value is -2.58. The number of aryl methyl sites for hydroxylation is 2. The molecule has 1 saturated carbocycles. The van der Waals surface area contributed by atoms with Gasteiger partial charge in [0, 0.05) is 75.0 Å². The van der Waals surface area contributed by atoms with E-state index in [2.05, 4.69) is 51.8 Å². The van der Waals surface area contributed by atoms with Crippen molar-refractivity contribution < 1.29 is 9.84 Å². The SMILES string of the molecule is CCCc1c(Cc2ccc(-c3ccccc3-c3nn[nH]n3)cc2)c(=O)n(C2CCC(OCC(O)(CC)CC)CC2)c2nc(C)nn12.[K]. The molecule has 0 atom stereocenters. The number of tetrazole rings is 1. The van der Waals surface area contributed by atoms with E-state index in [-0.39, 0.29) is 69.1 Å². The molecule has 0 unspecified atom stereocenters. The van der Waals surface area contributed by atoms with Gasteiger partial charge in [0.15, 0.2) is 0 Å². The zero-order valence-corrected chi connectivity index (χ0v) is 31.4. The van der Waals surface area contributed by atoms with Crippen LogP contribution in [0.25, 0.3) is 28.3 Å². The van der Waals surface area contributed by atoms with E-state index in [1.54, 1.807) is 0 Å². The Kier molecular flexibility index (Phi) is 12.0. The summed E-state index contributed by atoms with van der Waals surface area (Å²) < 4.78 is 9.99. The summed E-state index contributed by atoms with van der Waals surface area (Å²) in [6.07, 6.45) is 6.82. The Morgan fingerprint density at radius 3 is 2.34 bits per heavy atom. The van der Waals surface area contributed by atoms with Crippen LogP contribution in [0.1, 0.15) is 94.4 Å². The molecule has 0 bridgehead atoms. The minimum Gasteiger partial charge on any atom is -0.388 e. The molecule has 11 nitrogen and oxygen atoms in total. The number of rotatable bonds is 12. The van der Waals surface area contributed by atoms with E-state index in [0.717, 1.165) is 72.0 Å². The third kappa shape index (κ3) is 7.69. The third-order valence-electron chi connectivity index (χ3n) is 9.55. The van der Waals surface area contributed by atoms with Gasteiger partial charge in [-0.05, 0) is 73.8 Å². The Morgan fingerprint density at radius 2 is 1.70 bits per heavy atom. The molecule has 0 aliphatic heterocycles. The zero-order chi connectivity index (χ0) is 32.3. The fraction of sp³-hybridized carbons (Fsp3) is 0.486. The normalized spacial score (nSPS) is 16.8.